The van der Waals surface area contributed by atoms with Crippen LogP contribution in [0.1, 0.15) is 33.5 Å². The van der Waals surface area contributed by atoms with Gasteiger partial charge < -0.3 is 19.8 Å². The van der Waals surface area contributed by atoms with Gasteiger partial charge in [0.2, 0.25) is 5.91 Å². The average molecular weight is 376 g/mol. The number of aromatic nitrogens is 2. The third-order valence-corrected chi connectivity index (χ3v) is 3.96. The number of nitrogens with one attached hydrogen (secondary N) is 2. The number of hydrogen-bond acceptors (Lipinski definition) is 6. The van der Waals surface area contributed by atoms with Gasteiger partial charge in [-0.25, -0.2) is 4.98 Å². The molecule has 0 bridgehead atoms. The first kappa shape index (κ1) is 20.7. The van der Waals surface area contributed by atoms with E-state index in [0.717, 1.165) is 0 Å². The van der Waals surface area contributed by atoms with E-state index in [1.807, 2.05) is 32.6 Å². The Hall–Kier alpha value is -2.61. The topological polar surface area (TPSA) is 96.6 Å². The van der Waals surface area contributed by atoms with Crippen LogP contribution in [0.5, 0.6) is 11.5 Å². The van der Waals surface area contributed by atoms with E-state index in [1.54, 1.807) is 12.1 Å². The summed E-state index contributed by atoms with van der Waals surface area (Å²) in [7, 11) is 3.05. The van der Waals surface area contributed by atoms with E-state index < -0.39 is 0 Å². The summed E-state index contributed by atoms with van der Waals surface area (Å²) in [4.78, 5) is 33.9. The normalized spacial score (nSPS) is 11.7. The predicted octanol–water partition coefficient (Wildman–Crippen LogP) is 1.68. The summed E-state index contributed by atoms with van der Waals surface area (Å²) in [5.74, 6) is 1.40. The van der Waals surface area contributed by atoms with Crippen LogP contribution >= 0.6 is 0 Å². The molecule has 148 valence electrons. The van der Waals surface area contributed by atoms with E-state index in [0.29, 0.717) is 41.3 Å². The van der Waals surface area contributed by atoms with Crippen LogP contribution in [0.15, 0.2) is 16.9 Å². The molecule has 0 saturated heterocycles. The van der Waals surface area contributed by atoms with Gasteiger partial charge in [0, 0.05) is 11.6 Å². The molecule has 0 atom stereocenters. The molecular formula is C19H28N4O4. The SMILES string of the molecule is CCN(CC(=O)NC(C)(C)C)Cc1nc2cc(OC)c(OC)cc2c(=O)[nH]1. The van der Waals surface area contributed by atoms with Gasteiger partial charge in [0.05, 0.1) is 38.2 Å². The van der Waals surface area contributed by atoms with Crippen LogP contribution in [0, 0.1) is 0 Å². The lowest BCUT2D eigenvalue weighted by Crippen LogP contribution is -2.45. The first-order valence-corrected chi connectivity index (χ1v) is 8.85. The fourth-order valence-corrected chi connectivity index (χ4v) is 2.74. The Morgan fingerprint density at radius 1 is 1.22 bits per heavy atom. The number of benzene rings is 1. The summed E-state index contributed by atoms with van der Waals surface area (Å²) in [6.07, 6.45) is 0. The largest absolute Gasteiger partial charge is 0.493 e. The number of rotatable bonds is 7. The fraction of sp³-hybridized carbons (Fsp3) is 0.526. The maximum absolute atomic E-state index is 12.5. The lowest BCUT2D eigenvalue weighted by molar-refractivity contribution is -0.123. The molecule has 8 nitrogen and oxygen atoms in total. The molecule has 2 rings (SSSR count). The zero-order valence-electron chi connectivity index (χ0n) is 16.8. The monoisotopic (exact) mass is 376 g/mol. The van der Waals surface area contributed by atoms with Crippen molar-refractivity contribution in [3.05, 3.63) is 28.3 Å². The van der Waals surface area contributed by atoms with Crippen LogP contribution in [0.3, 0.4) is 0 Å². The molecule has 0 saturated carbocycles. The number of nitrogens with zero attached hydrogens (tertiary/aromatic N) is 2. The van der Waals surface area contributed by atoms with Crippen molar-refractivity contribution in [3.8, 4) is 11.5 Å². The third-order valence-electron chi connectivity index (χ3n) is 3.96. The fourth-order valence-electron chi connectivity index (χ4n) is 2.74. The van der Waals surface area contributed by atoms with Crippen LogP contribution in [0.4, 0.5) is 0 Å². The van der Waals surface area contributed by atoms with Gasteiger partial charge in [-0.05, 0) is 33.4 Å². The molecule has 0 spiro atoms. The van der Waals surface area contributed by atoms with E-state index in [9.17, 15) is 9.59 Å². The minimum absolute atomic E-state index is 0.0705. The standard InChI is InChI=1S/C19H28N4O4/c1-7-23(11-17(24)22-19(2,3)4)10-16-20-13-9-15(27-6)14(26-5)8-12(13)18(25)21-16/h8-9H,7,10-11H2,1-6H3,(H,22,24)(H,20,21,25). The first-order valence-electron chi connectivity index (χ1n) is 8.85. The minimum atomic E-state index is -0.290. The molecule has 8 heteroatoms. The molecule has 0 fully saturated rings. The van der Waals surface area contributed by atoms with Crippen molar-refractivity contribution in [2.45, 2.75) is 39.8 Å². The van der Waals surface area contributed by atoms with Crippen molar-refractivity contribution >= 4 is 16.8 Å². The van der Waals surface area contributed by atoms with Crippen LogP contribution in [-0.2, 0) is 11.3 Å². The van der Waals surface area contributed by atoms with Gasteiger partial charge in [0.15, 0.2) is 11.5 Å². The number of carbonyl (C=O) groups excluding carboxylic acids is 1. The molecule has 0 unspecified atom stereocenters. The van der Waals surface area contributed by atoms with Crippen molar-refractivity contribution in [2.75, 3.05) is 27.3 Å². The highest BCUT2D eigenvalue weighted by Crippen LogP contribution is 2.29. The lowest BCUT2D eigenvalue weighted by atomic mass is 10.1. The van der Waals surface area contributed by atoms with Gasteiger partial charge in [-0.1, -0.05) is 6.92 Å². The van der Waals surface area contributed by atoms with Gasteiger partial charge in [-0.3, -0.25) is 14.5 Å². The molecule has 0 aliphatic carbocycles. The number of carbonyl (C=O) groups is 1. The van der Waals surface area contributed by atoms with Crippen molar-refractivity contribution in [1.29, 1.82) is 0 Å². The highest BCUT2D eigenvalue weighted by molar-refractivity contribution is 5.82. The Labute approximate surface area is 158 Å². The lowest BCUT2D eigenvalue weighted by Gasteiger charge is -2.24. The number of fused-ring (bicyclic) bond motifs is 1. The summed E-state index contributed by atoms with van der Waals surface area (Å²) >= 11 is 0. The van der Waals surface area contributed by atoms with Crippen LogP contribution in [0.2, 0.25) is 0 Å². The number of aromatic amines is 1. The van der Waals surface area contributed by atoms with Gasteiger partial charge >= 0.3 is 0 Å². The van der Waals surface area contributed by atoms with Crippen molar-refractivity contribution in [1.82, 2.24) is 20.2 Å². The Kier molecular flexibility index (Phi) is 6.43. The number of amides is 1. The van der Waals surface area contributed by atoms with Crippen LogP contribution < -0.4 is 20.3 Å². The van der Waals surface area contributed by atoms with Crippen molar-refractivity contribution in [3.63, 3.8) is 0 Å². The zero-order valence-corrected chi connectivity index (χ0v) is 16.8. The minimum Gasteiger partial charge on any atom is -0.493 e. The number of likely N-dealkylation sites (N-methyl/N-ethyl adjacent to an activating group) is 1. The van der Waals surface area contributed by atoms with Crippen LogP contribution in [-0.4, -0.2) is 53.6 Å². The highest BCUT2D eigenvalue weighted by atomic mass is 16.5. The molecule has 27 heavy (non-hydrogen) atoms. The van der Waals surface area contributed by atoms with Gasteiger partial charge in [0.1, 0.15) is 5.82 Å². The molecule has 1 aromatic carbocycles. The van der Waals surface area contributed by atoms with Gasteiger partial charge in [-0.2, -0.15) is 0 Å². The Balaban J connectivity index is 2.27. The summed E-state index contributed by atoms with van der Waals surface area (Å²) in [5.41, 5.74) is -0.0329. The molecule has 2 aromatic rings. The average Bonchev–Trinajstić information content (AvgIpc) is 2.58. The van der Waals surface area contributed by atoms with E-state index >= 15 is 0 Å². The highest BCUT2D eigenvalue weighted by Gasteiger charge is 2.17. The first-order chi connectivity index (χ1) is 12.7. The second kappa shape index (κ2) is 8.39. The molecule has 1 heterocycles. The van der Waals surface area contributed by atoms with Crippen molar-refractivity contribution < 1.29 is 14.3 Å². The summed E-state index contributed by atoms with van der Waals surface area (Å²) < 4.78 is 10.5. The maximum Gasteiger partial charge on any atom is 0.258 e. The number of hydrogen-bond donors (Lipinski definition) is 2. The quantitative estimate of drug-likeness (QED) is 0.763. The second-order valence-electron chi connectivity index (χ2n) is 7.34. The second-order valence-corrected chi connectivity index (χ2v) is 7.34. The van der Waals surface area contributed by atoms with E-state index in [1.165, 1.54) is 14.2 Å². The number of H-pyrrole nitrogens is 1. The zero-order chi connectivity index (χ0) is 20.2. The molecular weight excluding hydrogens is 348 g/mol. The summed E-state index contributed by atoms with van der Waals surface area (Å²) in [6.45, 7) is 8.99. The number of ether oxygens (including phenoxy) is 2. The Morgan fingerprint density at radius 2 is 1.85 bits per heavy atom. The summed E-state index contributed by atoms with van der Waals surface area (Å²) in [5, 5.41) is 3.36. The molecule has 0 aliphatic heterocycles. The van der Waals surface area contributed by atoms with Gasteiger partial charge in [0.25, 0.3) is 5.56 Å². The van der Waals surface area contributed by atoms with E-state index in [4.69, 9.17) is 9.47 Å². The molecule has 1 amide bonds. The molecule has 2 N–H and O–H groups in total. The Bertz CT molecular complexity index is 870. The molecule has 0 aliphatic rings. The van der Waals surface area contributed by atoms with E-state index in [2.05, 4.69) is 15.3 Å². The summed E-state index contributed by atoms with van der Waals surface area (Å²) in [6, 6.07) is 3.29. The number of methoxy groups -OCH3 is 2. The molecule has 0 radical (unpaired) electrons. The Morgan fingerprint density at radius 3 is 2.41 bits per heavy atom. The predicted molar refractivity (Wildman–Crippen MR) is 104 cm³/mol. The smallest absolute Gasteiger partial charge is 0.258 e. The van der Waals surface area contributed by atoms with Crippen LogP contribution in [0.25, 0.3) is 10.9 Å². The third kappa shape index (κ3) is 5.43. The van der Waals surface area contributed by atoms with Gasteiger partial charge in [-0.15, -0.1) is 0 Å². The maximum atomic E-state index is 12.5. The molecule has 1 aromatic heterocycles. The van der Waals surface area contributed by atoms with E-state index in [-0.39, 0.29) is 23.6 Å². The van der Waals surface area contributed by atoms with Crippen molar-refractivity contribution in [2.24, 2.45) is 0 Å².